The molecule has 0 radical (unpaired) electrons. The van der Waals surface area contributed by atoms with Crippen LogP contribution in [0.15, 0.2) is 18.2 Å². The zero-order chi connectivity index (χ0) is 17.0. The van der Waals surface area contributed by atoms with Gasteiger partial charge in [-0.3, -0.25) is 4.79 Å². The van der Waals surface area contributed by atoms with Gasteiger partial charge in [0.05, 0.1) is 11.0 Å². The van der Waals surface area contributed by atoms with Gasteiger partial charge in [0, 0.05) is 13.1 Å². The Hall–Kier alpha value is -1.63. The minimum atomic E-state index is -4.68. The van der Waals surface area contributed by atoms with E-state index < -0.39 is 28.9 Å². The molecule has 124 valence electrons. The van der Waals surface area contributed by atoms with Gasteiger partial charge in [-0.05, 0) is 30.5 Å². The molecule has 0 bridgehead atoms. The van der Waals surface area contributed by atoms with Crippen LogP contribution in [0.1, 0.15) is 37.8 Å². The van der Waals surface area contributed by atoms with Crippen molar-refractivity contribution in [1.82, 2.24) is 5.32 Å². The Kier molecular flexibility index (Phi) is 5.93. The van der Waals surface area contributed by atoms with E-state index in [2.05, 4.69) is 5.32 Å². The number of nitrogens with one attached hydrogen (secondary N) is 1. The predicted octanol–water partition coefficient (Wildman–Crippen LogP) is 3.23. The Bertz CT molecular complexity index is 516. The van der Waals surface area contributed by atoms with E-state index in [9.17, 15) is 22.4 Å². The first kappa shape index (κ1) is 18.4. The molecule has 0 saturated heterocycles. The third-order valence-corrected chi connectivity index (χ3v) is 4.04. The lowest BCUT2D eigenvalue weighted by Gasteiger charge is -2.28. The number of rotatable bonds is 6. The van der Waals surface area contributed by atoms with Gasteiger partial charge in [0.1, 0.15) is 5.82 Å². The quantitative estimate of drug-likeness (QED) is 0.791. The highest BCUT2D eigenvalue weighted by molar-refractivity contribution is 5.82. The van der Waals surface area contributed by atoms with Gasteiger partial charge >= 0.3 is 6.18 Å². The zero-order valence-electron chi connectivity index (χ0n) is 12.6. The average molecular weight is 320 g/mol. The number of amides is 1. The van der Waals surface area contributed by atoms with Gasteiger partial charge in [-0.15, -0.1) is 0 Å². The van der Waals surface area contributed by atoms with Crippen LogP contribution in [-0.2, 0) is 17.5 Å². The molecule has 0 aromatic heterocycles. The number of carbonyl (C=O) groups excluding carboxylic acids is 1. The summed E-state index contributed by atoms with van der Waals surface area (Å²) in [7, 11) is 0. The molecule has 22 heavy (non-hydrogen) atoms. The normalized spacial score (nSPS) is 12.3. The summed E-state index contributed by atoms with van der Waals surface area (Å²) in [6.45, 7) is 3.39. The van der Waals surface area contributed by atoms with Crippen LogP contribution >= 0.6 is 0 Å². The monoisotopic (exact) mass is 320 g/mol. The number of hydrogen-bond acceptors (Lipinski definition) is 2. The van der Waals surface area contributed by atoms with Crippen molar-refractivity contribution in [3.8, 4) is 0 Å². The molecule has 1 aromatic carbocycles. The second kappa shape index (κ2) is 7.09. The third-order valence-electron chi connectivity index (χ3n) is 4.04. The van der Waals surface area contributed by atoms with Crippen molar-refractivity contribution in [2.24, 2.45) is 11.1 Å². The van der Waals surface area contributed by atoms with E-state index in [4.69, 9.17) is 5.73 Å². The van der Waals surface area contributed by atoms with Crippen molar-refractivity contribution in [1.29, 1.82) is 0 Å². The highest BCUT2D eigenvalue weighted by atomic mass is 19.4. The Morgan fingerprint density at radius 1 is 1.23 bits per heavy atom. The molecule has 7 heteroatoms. The van der Waals surface area contributed by atoms with E-state index in [0.29, 0.717) is 18.9 Å². The Morgan fingerprint density at radius 2 is 1.82 bits per heavy atom. The van der Waals surface area contributed by atoms with Crippen LogP contribution in [0, 0.1) is 11.2 Å². The maximum Gasteiger partial charge on any atom is 0.416 e. The van der Waals surface area contributed by atoms with Crippen molar-refractivity contribution in [2.75, 3.05) is 6.54 Å². The molecule has 0 unspecified atom stereocenters. The van der Waals surface area contributed by atoms with Crippen molar-refractivity contribution < 1.29 is 22.4 Å². The van der Waals surface area contributed by atoms with Gasteiger partial charge in [0.15, 0.2) is 0 Å². The molecule has 0 spiro atoms. The van der Waals surface area contributed by atoms with E-state index in [1.54, 1.807) is 13.8 Å². The van der Waals surface area contributed by atoms with Gasteiger partial charge in [0.2, 0.25) is 5.91 Å². The smallest absolute Gasteiger partial charge is 0.351 e. The van der Waals surface area contributed by atoms with Gasteiger partial charge < -0.3 is 11.1 Å². The number of nitrogens with two attached hydrogens (primary N) is 1. The Balaban J connectivity index is 2.96. The summed E-state index contributed by atoms with van der Waals surface area (Å²) in [5.41, 5.74) is 3.57. The van der Waals surface area contributed by atoms with E-state index in [1.165, 1.54) is 0 Å². The molecule has 1 aromatic rings. The molecule has 0 heterocycles. The van der Waals surface area contributed by atoms with Crippen LogP contribution in [-0.4, -0.2) is 12.5 Å². The summed E-state index contributed by atoms with van der Waals surface area (Å²) in [4.78, 5) is 12.2. The van der Waals surface area contributed by atoms with E-state index in [-0.39, 0.29) is 18.7 Å². The largest absolute Gasteiger partial charge is 0.416 e. The predicted molar refractivity (Wildman–Crippen MR) is 75.3 cm³/mol. The van der Waals surface area contributed by atoms with Gasteiger partial charge in [-0.1, -0.05) is 19.9 Å². The highest BCUT2D eigenvalue weighted by Gasteiger charge is 2.35. The van der Waals surface area contributed by atoms with Gasteiger partial charge in [0.25, 0.3) is 0 Å². The Morgan fingerprint density at radius 3 is 2.27 bits per heavy atom. The number of halogens is 4. The van der Waals surface area contributed by atoms with Crippen molar-refractivity contribution in [3.05, 3.63) is 35.1 Å². The highest BCUT2D eigenvalue weighted by Crippen LogP contribution is 2.33. The topological polar surface area (TPSA) is 55.1 Å². The molecule has 0 aliphatic heterocycles. The maximum absolute atomic E-state index is 13.0. The molecule has 0 aliphatic rings. The molecule has 0 saturated carbocycles. The van der Waals surface area contributed by atoms with Gasteiger partial charge in [-0.25, -0.2) is 4.39 Å². The van der Waals surface area contributed by atoms with Crippen molar-refractivity contribution in [2.45, 2.75) is 39.4 Å². The molecular weight excluding hydrogens is 300 g/mol. The minimum absolute atomic E-state index is 0.112. The summed E-state index contributed by atoms with van der Waals surface area (Å²) >= 11 is 0. The second-order valence-electron chi connectivity index (χ2n) is 5.17. The third kappa shape index (κ3) is 3.97. The molecule has 0 fully saturated rings. The van der Waals surface area contributed by atoms with E-state index in [0.717, 1.165) is 12.1 Å². The summed E-state index contributed by atoms with van der Waals surface area (Å²) in [5, 5.41) is 2.48. The minimum Gasteiger partial charge on any atom is -0.351 e. The van der Waals surface area contributed by atoms with Crippen molar-refractivity contribution >= 4 is 5.91 Å². The van der Waals surface area contributed by atoms with E-state index in [1.807, 2.05) is 0 Å². The van der Waals surface area contributed by atoms with Crippen LogP contribution < -0.4 is 11.1 Å². The van der Waals surface area contributed by atoms with E-state index >= 15 is 0 Å². The number of benzene rings is 1. The summed E-state index contributed by atoms with van der Waals surface area (Å²) in [5.74, 6) is -1.36. The lowest BCUT2D eigenvalue weighted by molar-refractivity contribution is -0.139. The standard InChI is InChI=1S/C15H20F4N2O/c1-3-14(4-2,9-20)13(22)21-8-10-5-6-11(16)7-12(10)15(17,18)19/h5-7H,3-4,8-9,20H2,1-2H3,(H,21,22). The summed E-state index contributed by atoms with van der Waals surface area (Å²) < 4.78 is 51.7. The molecule has 0 atom stereocenters. The second-order valence-corrected chi connectivity index (χ2v) is 5.17. The van der Waals surface area contributed by atoms with Crippen LogP contribution in [0.3, 0.4) is 0 Å². The van der Waals surface area contributed by atoms with Crippen LogP contribution in [0.25, 0.3) is 0 Å². The molecule has 3 N–H and O–H groups in total. The first-order chi connectivity index (χ1) is 10.2. The number of carbonyl (C=O) groups is 1. The lowest BCUT2D eigenvalue weighted by atomic mass is 9.81. The van der Waals surface area contributed by atoms with Crippen LogP contribution in [0.2, 0.25) is 0 Å². The summed E-state index contributed by atoms with van der Waals surface area (Å²) in [6, 6.07) is 2.39. The van der Waals surface area contributed by atoms with Crippen molar-refractivity contribution in [3.63, 3.8) is 0 Å². The fourth-order valence-corrected chi connectivity index (χ4v) is 2.28. The molecule has 3 nitrogen and oxygen atoms in total. The Labute approximate surface area is 126 Å². The first-order valence-corrected chi connectivity index (χ1v) is 7.04. The maximum atomic E-state index is 13.0. The molecule has 1 amide bonds. The lowest BCUT2D eigenvalue weighted by Crippen LogP contribution is -2.45. The van der Waals surface area contributed by atoms with Crippen LogP contribution in [0.5, 0.6) is 0 Å². The molecule has 1 rings (SSSR count). The number of alkyl halides is 3. The summed E-state index contributed by atoms with van der Waals surface area (Å²) in [6.07, 6.45) is -3.70. The molecular formula is C15H20F4N2O. The molecule has 0 aliphatic carbocycles. The van der Waals surface area contributed by atoms with Gasteiger partial charge in [-0.2, -0.15) is 13.2 Å². The van der Waals surface area contributed by atoms with Crippen LogP contribution in [0.4, 0.5) is 17.6 Å². The zero-order valence-corrected chi connectivity index (χ0v) is 12.6. The first-order valence-electron chi connectivity index (χ1n) is 7.04. The number of hydrogen-bond donors (Lipinski definition) is 2. The fourth-order valence-electron chi connectivity index (χ4n) is 2.28. The average Bonchev–Trinajstić information content (AvgIpc) is 2.47. The SMILES string of the molecule is CCC(CC)(CN)C(=O)NCc1ccc(F)cc1C(F)(F)F. The fraction of sp³-hybridized carbons (Fsp3) is 0.533.